The maximum Gasteiger partial charge on any atom is 0.408 e. The summed E-state index contributed by atoms with van der Waals surface area (Å²) >= 11 is 0. The second-order valence-corrected chi connectivity index (χ2v) is 9.24. The number of carbonyl (C=O) groups excluding carboxylic acids is 3. The van der Waals surface area contributed by atoms with Crippen molar-refractivity contribution in [1.82, 2.24) is 5.32 Å². The van der Waals surface area contributed by atoms with Crippen LogP contribution in [0.15, 0.2) is 24.3 Å². The summed E-state index contributed by atoms with van der Waals surface area (Å²) in [4.78, 5) is 36.5. The molecule has 0 spiro atoms. The molecule has 0 bridgehead atoms. The summed E-state index contributed by atoms with van der Waals surface area (Å²) in [6, 6.07) is 5.57. The van der Waals surface area contributed by atoms with E-state index in [1.807, 2.05) is 6.07 Å². The first-order valence-corrected chi connectivity index (χ1v) is 10.8. The highest BCUT2D eigenvalue weighted by atomic mass is 19.1. The third kappa shape index (κ3) is 4.69. The Balaban J connectivity index is 1.62. The van der Waals surface area contributed by atoms with Gasteiger partial charge in [-0.15, -0.1) is 0 Å². The van der Waals surface area contributed by atoms with Crippen molar-refractivity contribution >= 4 is 17.8 Å². The number of halogens is 1. The first-order valence-electron chi connectivity index (χ1n) is 10.8. The predicted molar refractivity (Wildman–Crippen MR) is 118 cm³/mol. The van der Waals surface area contributed by atoms with Gasteiger partial charge in [0.15, 0.2) is 5.78 Å². The average molecular weight is 455 g/mol. The van der Waals surface area contributed by atoms with E-state index < -0.39 is 29.5 Å². The van der Waals surface area contributed by atoms with Crippen molar-refractivity contribution in [3.63, 3.8) is 0 Å². The number of alkyl carbamates (subject to hydrolysis) is 1. The average Bonchev–Trinajstić information content (AvgIpc) is 3.10. The number of aryl methyl sites for hydroxylation is 1. The zero-order valence-corrected chi connectivity index (χ0v) is 19.0. The summed E-state index contributed by atoms with van der Waals surface area (Å²) < 4.78 is 31.0. The number of fused-ring (bicyclic) bond motifs is 4. The van der Waals surface area contributed by atoms with E-state index in [2.05, 4.69) is 5.32 Å². The van der Waals surface area contributed by atoms with Crippen molar-refractivity contribution in [2.45, 2.75) is 58.3 Å². The molecule has 0 unspecified atom stereocenters. The van der Waals surface area contributed by atoms with Gasteiger partial charge < -0.3 is 19.5 Å². The van der Waals surface area contributed by atoms with Crippen molar-refractivity contribution < 1.29 is 33.0 Å². The summed E-state index contributed by atoms with van der Waals surface area (Å²) in [5.74, 6) is -0.574. The number of ether oxygens (including phenoxy) is 3. The van der Waals surface area contributed by atoms with E-state index in [0.717, 1.165) is 16.7 Å². The number of Topliss-reactive ketones (excluding diaryl/α,β-unsaturated/α-hetero) is 1. The lowest BCUT2D eigenvalue weighted by Crippen LogP contribution is -2.45. The van der Waals surface area contributed by atoms with Gasteiger partial charge in [-0.2, -0.15) is 0 Å². The Bertz CT molecular complexity index is 1150. The third-order valence-electron chi connectivity index (χ3n) is 5.67. The van der Waals surface area contributed by atoms with E-state index in [9.17, 15) is 14.4 Å². The maximum atomic E-state index is 15.2. The fourth-order valence-electron chi connectivity index (χ4n) is 4.16. The zero-order chi connectivity index (χ0) is 23.9. The zero-order valence-electron chi connectivity index (χ0n) is 19.0. The van der Waals surface area contributed by atoms with Crippen LogP contribution < -0.4 is 10.1 Å². The Morgan fingerprint density at radius 3 is 2.55 bits per heavy atom. The molecular weight excluding hydrogens is 429 g/mol. The molecule has 2 aliphatic rings. The second kappa shape index (κ2) is 8.50. The van der Waals surface area contributed by atoms with Crippen LogP contribution in [-0.2, 0) is 33.7 Å². The monoisotopic (exact) mass is 455 g/mol. The molecule has 1 aliphatic carbocycles. The molecule has 1 amide bonds. The molecule has 0 saturated heterocycles. The van der Waals surface area contributed by atoms with Gasteiger partial charge in [0.1, 0.15) is 29.8 Å². The van der Waals surface area contributed by atoms with Gasteiger partial charge in [0, 0.05) is 24.0 Å². The molecule has 8 heteroatoms. The van der Waals surface area contributed by atoms with Crippen LogP contribution in [0.25, 0.3) is 11.1 Å². The normalized spacial score (nSPS) is 15.0. The maximum absolute atomic E-state index is 15.2. The molecule has 0 aromatic heterocycles. The smallest absolute Gasteiger partial charge is 0.408 e. The van der Waals surface area contributed by atoms with Crippen molar-refractivity contribution in [3.05, 3.63) is 52.3 Å². The largest absolute Gasteiger partial charge is 0.488 e. The fraction of sp³-hybridized carbons (Fsp3) is 0.400. The summed E-state index contributed by atoms with van der Waals surface area (Å²) in [7, 11) is 1.20. The van der Waals surface area contributed by atoms with Crippen LogP contribution in [0, 0.1) is 5.82 Å². The Morgan fingerprint density at radius 2 is 1.85 bits per heavy atom. The number of benzene rings is 2. The first kappa shape index (κ1) is 22.8. The molecular formula is C25H26FNO6. The number of ketones is 1. The van der Waals surface area contributed by atoms with Gasteiger partial charge >= 0.3 is 12.1 Å². The number of hydrogen-bond donors (Lipinski definition) is 1. The minimum atomic E-state index is -1.12. The van der Waals surface area contributed by atoms with Crippen LogP contribution in [0.3, 0.4) is 0 Å². The Labute approximate surface area is 191 Å². The fourth-order valence-corrected chi connectivity index (χ4v) is 4.16. The van der Waals surface area contributed by atoms with Crippen LogP contribution in [0.2, 0.25) is 0 Å². The topological polar surface area (TPSA) is 90.9 Å². The third-order valence-corrected chi connectivity index (χ3v) is 5.67. The van der Waals surface area contributed by atoms with Crippen molar-refractivity contribution in [2.24, 2.45) is 0 Å². The summed E-state index contributed by atoms with van der Waals surface area (Å²) in [6.07, 6.45) is 0.222. The molecule has 0 fully saturated rings. The molecule has 1 heterocycles. The number of methoxy groups -OCH3 is 1. The Kier molecular flexibility index (Phi) is 5.86. The first-order chi connectivity index (χ1) is 15.6. The van der Waals surface area contributed by atoms with Gasteiger partial charge in [0.2, 0.25) is 0 Å². The number of carbonyl (C=O) groups is 3. The molecule has 7 nitrogen and oxygen atoms in total. The van der Waals surface area contributed by atoms with E-state index in [4.69, 9.17) is 14.2 Å². The molecule has 174 valence electrons. The summed E-state index contributed by atoms with van der Waals surface area (Å²) in [5.41, 5.74) is 3.28. The minimum Gasteiger partial charge on any atom is -0.488 e. The minimum absolute atomic E-state index is 0.0927. The van der Waals surface area contributed by atoms with Crippen LogP contribution in [0.5, 0.6) is 5.75 Å². The van der Waals surface area contributed by atoms with E-state index in [-0.39, 0.29) is 24.4 Å². The van der Waals surface area contributed by atoms with Crippen LogP contribution in [0.4, 0.5) is 9.18 Å². The van der Waals surface area contributed by atoms with Crippen molar-refractivity contribution in [2.75, 3.05) is 7.11 Å². The molecule has 2 aromatic rings. The number of hydrogen-bond acceptors (Lipinski definition) is 6. The molecule has 0 radical (unpaired) electrons. The summed E-state index contributed by atoms with van der Waals surface area (Å²) in [5, 5.41) is 2.46. The highest BCUT2D eigenvalue weighted by molar-refractivity contribution is 6.02. The lowest BCUT2D eigenvalue weighted by Gasteiger charge is -2.24. The lowest BCUT2D eigenvalue weighted by molar-refractivity contribution is -0.143. The molecule has 2 aromatic carbocycles. The molecule has 1 N–H and O–H groups in total. The van der Waals surface area contributed by atoms with Crippen molar-refractivity contribution in [3.8, 4) is 16.9 Å². The van der Waals surface area contributed by atoms with Gasteiger partial charge in [-0.3, -0.25) is 4.79 Å². The van der Waals surface area contributed by atoms with Crippen LogP contribution in [0.1, 0.15) is 54.2 Å². The Morgan fingerprint density at radius 1 is 1.09 bits per heavy atom. The Hall–Kier alpha value is -3.42. The molecule has 0 saturated carbocycles. The second-order valence-electron chi connectivity index (χ2n) is 9.24. The van der Waals surface area contributed by atoms with Crippen LogP contribution >= 0.6 is 0 Å². The standard InChI is InChI=1S/C25H26FNO6/c1-25(2,3)33-24(30)27-20(23(29)31-4)9-14-7-15-12-32-22-11-17-13(5-6-21(17)28)8-18(22)16(15)10-19(14)26/h7-8,10-11,20H,5-6,9,12H2,1-4H3,(H,27,30)/t20-/m0/s1. The number of nitrogens with one attached hydrogen (secondary N) is 1. The SMILES string of the molecule is COC(=O)[C@H](Cc1cc2c(cc1F)-c1cc3c(cc1OC2)C(=O)CC3)NC(=O)OC(C)(C)C. The highest BCUT2D eigenvalue weighted by Gasteiger charge is 2.29. The van der Waals surface area contributed by atoms with E-state index in [1.165, 1.54) is 13.2 Å². The number of rotatable bonds is 4. The predicted octanol–water partition coefficient (Wildman–Crippen LogP) is 4.12. The van der Waals surface area contributed by atoms with Gasteiger partial charge in [-0.05, 0) is 73.7 Å². The molecule has 1 aliphatic heterocycles. The lowest BCUT2D eigenvalue weighted by atomic mass is 9.91. The van der Waals surface area contributed by atoms with E-state index in [0.29, 0.717) is 29.7 Å². The van der Waals surface area contributed by atoms with E-state index in [1.54, 1.807) is 32.9 Å². The van der Waals surface area contributed by atoms with Gasteiger partial charge in [-0.25, -0.2) is 14.0 Å². The number of amides is 1. The van der Waals surface area contributed by atoms with E-state index >= 15 is 4.39 Å². The van der Waals surface area contributed by atoms with Gasteiger partial charge in [-0.1, -0.05) is 0 Å². The number of esters is 1. The molecule has 4 rings (SSSR count). The summed E-state index contributed by atoms with van der Waals surface area (Å²) in [6.45, 7) is 5.30. The highest BCUT2D eigenvalue weighted by Crippen LogP contribution is 2.42. The quantitative estimate of drug-likeness (QED) is 0.698. The molecule has 1 atom stereocenters. The van der Waals surface area contributed by atoms with Gasteiger partial charge in [0.25, 0.3) is 0 Å². The van der Waals surface area contributed by atoms with Crippen LogP contribution in [-0.4, -0.2) is 36.6 Å². The van der Waals surface area contributed by atoms with Crippen molar-refractivity contribution in [1.29, 1.82) is 0 Å². The molecule has 33 heavy (non-hydrogen) atoms. The van der Waals surface area contributed by atoms with Gasteiger partial charge in [0.05, 0.1) is 7.11 Å².